The van der Waals surface area contributed by atoms with E-state index in [9.17, 15) is 22.4 Å². The summed E-state index contributed by atoms with van der Waals surface area (Å²) in [5.41, 5.74) is 1.00. The number of halogens is 1. The maximum absolute atomic E-state index is 13.8. The van der Waals surface area contributed by atoms with Gasteiger partial charge in [-0.15, -0.1) is 0 Å². The summed E-state index contributed by atoms with van der Waals surface area (Å²) in [5.74, 6) is -0.873. The number of benzene rings is 3. The largest absolute Gasteiger partial charge is 0.497 e. The fourth-order valence-corrected chi connectivity index (χ4v) is 5.28. The molecular weight excluding hydrogens is 497 g/mol. The van der Waals surface area contributed by atoms with Crippen molar-refractivity contribution >= 4 is 27.5 Å². The molecule has 1 atom stereocenters. The van der Waals surface area contributed by atoms with Gasteiger partial charge >= 0.3 is 0 Å². The summed E-state index contributed by atoms with van der Waals surface area (Å²) in [6, 6.07) is 18.8. The van der Waals surface area contributed by atoms with Gasteiger partial charge in [-0.1, -0.05) is 37.3 Å². The number of nitrogens with one attached hydrogen (secondary N) is 1. The zero-order valence-corrected chi connectivity index (χ0v) is 21.7. The van der Waals surface area contributed by atoms with E-state index in [-0.39, 0.29) is 23.0 Å². The maximum Gasteiger partial charge on any atom is 0.264 e. The summed E-state index contributed by atoms with van der Waals surface area (Å²) >= 11 is 0. The first kappa shape index (κ1) is 27.7. The lowest BCUT2D eigenvalue weighted by Gasteiger charge is -2.33. The minimum Gasteiger partial charge on any atom is -0.497 e. The average Bonchev–Trinajstić information content (AvgIpc) is 2.92. The Hall–Kier alpha value is -3.92. The molecule has 0 fully saturated rings. The number of likely N-dealkylation sites (N-methyl/N-ethyl adjacent to an activating group) is 1. The summed E-state index contributed by atoms with van der Waals surface area (Å²) < 4.78 is 46.9. The highest BCUT2D eigenvalue weighted by atomic mass is 32.2. The van der Waals surface area contributed by atoms with E-state index >= 15 is 0 Å². The topological polar surface area (TPSA) is 96.0 Å². The molecule has 0 aromatic heterocycles. The monoisotopic (exact) mass is 527 g/mol. The van der Waals surface area contributed by atoms with Gasteiger partial charge in [-0.3, -0.25) is 13.9 Å². The number of para-hydroxylation sites is 1. The van der Waals surface area contributed by atoms with Crippen LogP contribution >= 0.6 is 0 Å². The second-order valence-corrected chi connectivity index (χ2v) is 10.1. The van der Waals surface area contributed by atoms with E-state index < -0.39 is 34.3 Å². The van der Waals surface area contributed by atoms with E-state index in [1.165, 1.54) is 11.9 Å². The molecule has 8 nitrogen and oxygen atoms in total. The van der Waals surface area contributed by atoms with E-state index in [4.69, 9.17) is 4.74 Å². The Balaban J connectivity index is 2.01. The molecule has 0 spiro atoms. The van der Waals surface area contributed by atoms with Crippen LogP contribution < -0.4 is 14.4 Å². The highest BCUT2D eigenvalue weighted by Gasteiger charge is 2.33. The van der Waals surface area contributed by atoms with Crippen LogP contribution in [0.4, 0.5) is 10.1 Å². The highest BCUT2D eigenvalue weighted by molar-refractivity contribution is 7.92. The van der Waals surface area contributed by atoms with E-state index in [2.05, 4.69) is 5.32 Å². The molecule has 0 aliphatic rings. The van der Waals surface area contributed by atoms with Crippen molar-refractivity contribution in [3.05, 3.63) is 90.2 Å². The van der Waals surface area contributed by atoms with Gasteiger partial charge in [0, 0.05) is 13.6 Å². The second kappa shape index (κ2) is 12.4. The molecule has 10 heteroatoms. The van der Waals surface area contributed by atoms with Crippen molar-refractivity contribution in [1.29, 1.82) is 0 Å². The van der Waals surface area contributed by atoms with Crippen molar-refractivity contribution in [2.24, 2.45) is 0 Å². The maximum atomic E-state index is 13.8. The number of carbonyl (C=O) groups excluding carboxylic acids is 2. The molecular formula is C27H30FN3O5S. The SMILES string of the molecule is CCC(C(=O)NC)N(Cc1ccc(OC)cc1)C(=O)CN(c1ccccc1)S(=O)(=O)c1ccc(F)cc1. The zero-order valence-electron chi connectivity index (χ0n) is 20.9. The van der Waals surface area contributed by atoms with Gasteiger partial charge in [-0.05, 0) is 60.5 Å². The Bertz CT molecular complexity index is 1300. The van der Waals surface area contributed by atoms with Gasteiger partial charge in [0.05, 0.1) is 17.7 Å². The summed E-state index contributed by atoms with van der Waals surface area (Å²) in [7, 11) is -1.21. The molecule has 0 aliphatic carbocycles. The summed E-state index contributed by atoms with van der Waals surface area (Å²) in [6.45, 7) is 1.29. The molecule has 0 aliphatic heterocycles. The number of amides is 2. The third kappa shape index (κ3) is 6.65. The Kier molecular flexibility index (Phi) is 9.24. The van der Waals surface area contributed by atoms with Gasteiger partial charge in [0.25, 0.3) is 10.0 Å². The number of anilines is 1. The van der Waals surface area contributed by atoms with Crippen molar-refractivity contribution in [2.75, 3.05) is 25.0 Å². The summed E-state index contributed by atoms with van der Waals surface area (Å²) in [5, 5.41) is 2.58. The molecule has 3 aromatic carbocycles. The minimum atomic E-state index is -4.24. The Labute approximate surface area is 216 Å². The van der Waals surface area contributed by atoms with Crippen LogP contribution in [0, 0.1) is 5.82 Å². The van der Waals surface area contributed by atoms with Crippen LogP contribution in [-0.2, 0) is 26.2 Å². The van der Waals surface area contributed by atoms with Crippen molar-refractivity contribution < 1.29 is 27.1 Å². The van der Waals surface area contributed by atoms with Gasteiger partial charge in [0.15, 0.2) is 0 Å². The predicted octanol–water partition coefficient (Wildman–Crippen LogP) is 3.58. The Morgan fingerprint density at radius 3 is 2.14 bits per heavy atom. The van der Waals surface area contributed by atoms with Crippen molar-refractivity contribution in [3.63, 3.8) is 0 Å². The smallest absolute Gasteiger partial charge is 0.264 e. The van der Waals surface area contributed by atoms with Crippen LogP contribution in [0.25, 0.3) is 0 Å². The number of methoxy groups -OCH3 is 1. The fourth-order valence-electron chi connectivity index (χ4n) is 3.87. The lowest BCUT2D eigenvalue weighted by Crippen LogP contribution is -2.51. The van der Waals surface area contributed by atoms with Gasteiger partial charge in [-0.25, -0.2) is 12.8 Å². The van der Waals surface area contributed by atoms with Crippen LogP contribution in [0.5, 0.6) is 5.75 Å². The minimum absolute atomic E-state index is 0.0774. The second-order valence-electron chi connectivity index (χ2n) is 8.21. The molecule has 3 aromatic rings. The van der Waals surface area contributed by atoms with E-state index in [0.29, 0.717) is 12.2 Å². The first-order valence-corrected chi connectivity index (χ1v) is 13.1. The average molecular weight is 528 g/mol. The lowest BCUT2D eigenvalue weighted by atomic mass is 10.1. The van der Waals surface area contributed by atoms with Crippen LogP contribution in [0.15, 0.2) is 83.8 Å². The Morgan fingerprint density at radius 1 is 0.973 bits per heavy atom. The van der Waals surface area contributed by atoms with E-state index in [1.54, 1.807) is 68.6 Å². The van der Waals surface area contributed by atoms with Crippen LogP contribution in [0.2, 0.25) is 0 Å². The number of rotatable bonds is 11. The molecule has 1 N–H and O–H groups in total. The lowest BCUT2D eigenvalue weighted by molar-refractivity contribution is -0.140. The molecule has 0 radical (unpaired) electrons. The fraction of sp³-hybridized carbons (Fsp3) is 0.259. The predicted molar refractivity (Wildman–Crippen MR) is 139 cm³/mol. The third-order valence-corrected chi connectivity index (χ3v) is 7.66. The number of nitrogens with zero attached hydrogens (tertiary/aromatic N) is 2. The molecule has 0 bridgehead atoms. The molecule has 2 amide bonds. The van der Waals surface area contributed by atoms with Gasteiger partial charge in [-0.2, -0.15) is 0 Å². The number of carbonyl (C=O) groups is 2. The van der Waals surface area contributed by atoms with Crippen molar-refractivity contribution in [2.45, 2.75) is 30.8 Å². The van der Waals surface area contributed by atoms with Crippen LogP contribution in [0.3, 0.4) is 0 Å². The third-order valence-electron chi connectivity index (χ3n) is 5.87. The van der Waals surface area contributed by atoms with Crippen LogP contribution in [-0.4, -0.2) is 51.9 Å². The van der Waals surface area contributed by atoms with Crippen molar-refractivity contribution in [1.82, 2.24) is 10.2 Å². The zero-order chi connectivity index (χ0) is 27.0. The van der Waals surface area contributed by atoms with E-state index in [0.717, 1.165) is 34.1 Å². The first-order valence-electron chi connectivity index (χ1n) is 11.7. The van der Waals surface area contributed by atoms with Crippen LogP contribution in [0.1, 0.15) is 18.9 Å². The van der Waals surface area contributed by atoms with Crippen molar-refractivity contribution in [3.8, 4) is 5.75 Å². The summed E-state index contributed by atoms with van der Waals surface area (Å²) in [6.07, 6.45) is 0.317. The first-order chi connectivity index (χ1) is 17.7. The molecule has 0 saturated heterocycles. The molecule has 3 rings (SSSR count). The molecule has 37 heavy (non-hydrogen) atoms. The number of sulfonamides is 1. The quantitative estimate of drug-likeness (QED) is 0.411. The standard InChI is InChI=1S/C27H30FN3O5S/c1-4-25(27(33)29-2)30(18-20-10-14-23(36-3)15-11-20)26(32)19-31(22-8-6-5-7-9-22)37(34,35)24-16-12-21(28)13-17-24/h5-17,25H,4,18-19H2,1-3H3,(H,29,33). The highest BCUT2D eigenvalue weighted by Crippen LogP contribution is 2.25. The molecule has 0 saturated carbocycles. The summed E-state index contributed by atoms with van der Waals surface area (Å²) in [4.78, 5) is 27.7. The molecule has 1 unspecified atom stereocenters. The van der Waals surface area contributed by atoms with Gasteiger partial charge < -0.3 is 15.0 Å². The Morgan fingerprint density at radius 2 is 1.59 bits per heavy atom. The normalized spacial score (nSPS) is 11.9. The molecule has 0 heterocycles. The number of ether oxygens (including phenoxy) is 1. The van der Waals surface area contributed by atoms with Gasteiger partial charge in [0.2, 0.25) is 11.8 Å². The molecule has 196 valence electrons. The van der Waals surface area contributed by atoms with E-state index in [1.807, 2.05) is 0 Å². The number of hydrogen-bond acceptors (Lipinski definition) is 5. The van der Waals surface area contributed by atoms with Gasteiger partial charge in [0.1, 0.15) is 24.2 Å². The number of hydrogen-bond donors (Lipinski definition) is 1.